The van der Waals surface area contributed by atoms with E-state index in [1.54, 1.807) is 6.08 Å². The second-order valence-corrected chi connectivity index (χ2v) is 6.00. The maximum atomic E-state index is 11.1. The third-order valence-electron chi connectivity index (χ3n) is 3.79. The number of aliphatic hydroxyl groups excluding tert-OH is 1. The number of hydrogen-bond acceptors (Lipinski definition) is 3. The number of rotatable bonds is 16. The third-order valence-corrected chi connectivity index (χ3v) is 3.79. The second kappa shape index (κ2) is 19.0. The van der Waals surface area contributed by atoms with Crippen molar-refractivity contribution in [2.45, 2.75) is 84.0 Å². The lowest BCUT2D eigenvalue weighted by Gasteiger charge is -2.01. The molecule has 0 heterocycles. The summed E-state index contributed by atoms with van der Waals surface area (Å²) >= 11 is 0. The summed E-state index contributed by atoms with van der Waals surface area (Å²) in [5.74, 6) is -0.404. The first kappa shape index (κ1) is 21.9. The average Bonchev–Trinajstić information content (AvgIpc) is 2.56. The zero-order chi connectivity index (χ0) is 17.0. The zero-order valence-corrected chi connectivity index (χ0v) is 15.0. The number of carbonyl (C=O) groups is 1. The van der Waals surface area contributed by atoms with Crippen molar-refractivity contribution in [1.29, 1.82) is 0 Å². The van der Waals surface area contributed by atoms with Crippen molar-refractivity contribution in [2.24, 2.45) is 0 Å². The molecule has 23 heavy (non-hydrogen) atoms. The number of hydrogen-bond donors (Lipinski definition) is 1. The third kappa shape index (κ3) is 18.9. The minimum Gasteiger partial charge on any atom is -0.460 e. The summed E-state index contributed by atoms with van der Waals surface area (Å²) in [6.45, 7) is 2.19. The van der Waals surface area contributed by atoms with Crippen LogP contribution in [0.3, 0.4) is 0 Å². The van der Waals surface area contributed by atoms with Gasteiger partial charge in [-0.2, -0.15) is 0 Å². The lowest BCUT2D eigenvalue weighted by molar-refractivity contribution is -0.138. The molecule has 3 heteroatoms. The molecule has 0 saturated carbocycles. The van der Waals surface area contributed by atoms with Gasteiger partial charge in [-0.1, -0.05) is 89.4 Å². The molecule has 0 aliphatic heterocycles. The lowest BCUT2D eigenvalue weighted by Crippen LogP contribution is -2.04. The monoisotopic (exact) mass is 324 g/mol. The molecule has 1 N–H and O–H groups in total. The van der Waals surface area contributed by atoms with Gasteiger partial charge in [-0.25, -0.2) is 4.79 Å². The van der Waals surface area contributed by atoms with Crippen molar-refractivity contribution in [3.8, 4) is 0 Å². The predicted molar refractivity (Wildman–Crippen MR) is 97.4 cm³/mol. The Morgan fingerprint density at radius 2 is 1.43 bits per heavy atom. The number of carbonyl (C=O) groups excluding carboxylic acids is 1. The molecule has 0 spiro atoms. The van der Waals surface area contributed by atoms with Gasteiger partial charge in [0.25, 0.3) is 0 Å². The number of ether oxygens (including phenoxy) is 1. The number of esters is 1. The van der Waals surface area contributed by atoms with Crippen LogP contribution in [-0.2, 0) is 9.53 Å². The maximum Gasteiger partial charge on any atom is 0.330 e. The highest BCUT2D eigenvalue weighted by Gasteiger charge is 1.93. The quantitative estimate of drug-likeness (QED) is 0.180. The Bertz CT molecular complexity index is 308. The van der Waals surface area contributed by atoms with Crippen molar-refractivity contribution >= 4 is 5.97 Å². The first-order valence-corrected chi connectivity index (χ1v) is 9.42. The maximum absolute atomic E-state index is 11.1. The molecular formula is C20H36O3. The summed E-state index contributed by atoms with van der Waals surface area (Å²) in [6.07, 6.45) is 23.1. The van der Waals surface area contributed by atoms with Crippen LogP contribution in [0.2, 0.25) is 0 Å². The molecule has 0 bridgehead atoms. The van der Waals surface area contributed by atoms with E-state index in [2.05, 4.69) is 13.0 Å². The van der Waals surface area contributed by atoms with E-state index in [9.17, 15) is 4.79 Å². The van der Waals surface area contributed by atoms with Crippen molar-refractivity contribution in [3.63, 3.8) is 0 Å². The molecule has 0 amide bonds. The average molecular weight is 325 g/mol. The van der Waals surface area contributed by atoms with Crippen LogP contribution < -0.4 is 0 Å². The van der Waals surface area contributed by atoms with Crippen LogP contribution in [0.4, 0.5) is 0 Å². The normalized spacial score (nSPS) is 11.6. The van der Waals surface area contributed by atoms with Gasteiger partial charge in [0.15, 0.2) is 0 Å². The lowest BCUT2D eigenvalue weighted by atomic mass is 10.1. The standard InChI is InChI=1S/C20H36O3/c1-2-3-4-5-6-7-8-9-10-11-12-13-14-15-16-17-20(22)23-19-18-21/h14-17,21H,2-13,18-19H2,1H3. The van der Waals surface area contributed by atoms with Crippen molar-refractivity contribution < 1.29 is 14.6 Å². The smallest absolute Gasteiger partial charge is 0.330 e. The molecule has 0 aliphatic carbocycles. The summed E-state index contributed by atoms with van der Waals surface area (Å²) in [6, 6.07) is 0. The van der Waals surface area contributed by atoms with Gasteiger partial charge in [0, 0.05) is 6.08 Å². The van der Waals surface area contributed by atoms with E-state index in [1.165, 1.54) is 76.7 Å². The zero-order valence-electron chi connectivity index (χ0n) is 15.0. The molecule has 0 fully saturated rings. The summed E-state index contributed by atoms with van der Waals surface area (Å²) in [7, 11) is 0. The first-order valence-electron chi connectivity index (χ1n) is 9.42. The summed E-state index contributed by atoms with van der Waals surface area (Å²) in [5.41, 5.74) is 0. The fourth-order valence-corrected chi connectivity index (χ4v) is 2.43. The van der Waals surface area contributed by atoms with Gasteiger partial charge in [0.1, 0.15) is 6.61 Å². The van der Waals surface area contributed by atoms with E-state index in [0.717, 1.165) is 6.42 Å². The van der Waals surface area contributed by atoms with Crippen LogP contribution in [0.25, 0.3) is 0 Å². The van der Waals surface area contributed by atoms with Gasteiger partial charge < -0.3 is 9.84 Å². The summed E-state index contributed by atoms with van der Waals surface area (Å²) in [5, 5.41) is 8.50. The molecule has 0 aromatic heterocycles. The van der Waals surface area contributed by atoms with E-state index in [4.69, 9.17) is 9.84 Å². The van der Waals surface area contributed by atoms with Gasteiger partial charge >= 0.3 is 5.97 Å². The van der Waals surface area contributed by atoms with E-state index in [0.29, 0.717) is 0 Å². The molecular weight excluding hydrogens is 288 g/mol. The van der Waals surface area contributed by atoms with Crippen molar-refractivity contribution in [3.05, 3.63) is 24.3 Å². The van der Waals surface area contributed by atoms with Crippen LogP contribution in [0.15, 0.2) is 24.3 Å². The highest BCUT2D eigenvalue weighted by molar-refractivity contribution is 5.82. The first-order chi connectivity index (χ1) is 11.3. The van der Waals surface area contributed by atoms with E-state index in [1.807, 2.05) is 6.08 Å². The Kier molecular flexibility index (Phi) is 18.1. The minimum absolute atomic E-state index is 0.0611. The van der Waals surface area contributed by atoms with E-state index < -0.39 is 5.97 Å². The SMILES string of the molecule is CCCCCCCCCCCCCC=CC=CC(=O)OCCO. The molecule has 0 aliphatic rings. The van der Waals surface area contributed by atoms with Crippen LogP contribution >= 0.6 is 0 Å². The van der Waals surface area contributed by atoms with Crippen LogP contribution in [0.5, 0.6) is 0 Å². The van der Waals surface area contributed by atoms with Crippen molar-refractivity contribution in [2.75, 3.05) is 13.2 Å². The van der Waals surface area contributed by atoms with Crippen molar-refractivity contribution in [1.82, 2.24) is 0 Å². The second-order valence-electron chi connectivity index (χ2n) is 6.00. The molecule has 3 nitrogen and oxygen atoms in total. The topological polar surface area (TPSA) is 46.5 Å². The highest BCUT2D eigenvalue weighted by atomic mass is 16.5. The van der Waals surface area contributed by atoms with Crippen LogP contribution in [0.1, 0.15) is 84.0 Å². The van der Waals surface area contributed by atoms with E-state index >= 15 is 0 Å². The molecule has 0 aromatic carbocycles. The van der Waals surface area contributed by atoms with Crippen LogP contribution in [-0.4, -0.2) is 24.3 Å². The van der Waals surface area contributed by atoms with Gasteiger partial charge in [-0.15, -0.1) is 0 Å². The molecule has 0 rings (SSSR count). The van der Waals surface area contributed by atoms with E-state index in [-0.39, 0.29) is 13.2 Å². The Hall–Kier alpha value is -1.09. The Morgan fingerprint density at radius 3 is 2.00 bits per heavy atom. The largest absolute Gasteiger partial charge is 0.460 e. The highest BCUT2D eigenvalue weighted by Crippen LogP contribution is 2.11. The fourth-order valence-electron chi connectivity index (χ4n) is 2.43. The van der Waals surface area contributed by atoms with Gasteiger partial charge in [0.05, 0.1) is 6.61 Å². The predicted octanol–water partition coefficient (Wildman–Crippen LogP) is 5.34. The number of unbranched alkanes of at least 4 members (excludes halogenated alkanes) is 11. The minimum atomic E-state index is -0.404. The molecule has 0 atom stereocenters. The van der Waals surface area contributed by atoms with Crippen LogP contribution in [0, 0.1) is 0 Å². The molecule has 0 saturated heterocycles. The Balaban J connectivity index is 3.25. The molecule has 0 aromatic rings. The summed E-state index contributed by atoms with van der Waals surface area (Å²) in [4.78, 5) is 11.1. The molecule has 134 valence electrons. The molecule has 0 unspecified atom stereocenters. The van der Waals surface area contributed by atoms with Gasteiger partial charge in [0.2, 0.25) is 0 Å². The van der Waals surface area contributed by atoms with Gasteiger partial charge in [-0.3, -0.25) is 0 Å². The fraction of sp³-hybridized carbons (Fsp3) is 0.750. The number of aliphatic hydroxyl groups is 1. The Labute approximate surface area is 142 Å². The number of allylic oxidation sites excluding steroid dienone is 3. The van der Waals surface area contributed by atoms with Gasteiger partial charge in [-0.05, 0) is 12.8 Å². The summed E-state index contributed by atoms with van der Waals surface area (Å²) < 4.78 is 4.70. The molecule has 0 radical (unpaired) electrons. The Morgan fingerprint density at radius 1 is 0.870 bits per heavy atom.